The fraction of sp³-hybridized carbons (Fsp3) is 0.312. The number of nitrogens with two attached hydrogens (primary N) is 1. The molecule has 1 amide bonds. The number of carbonyl (C=O) groups excluding carboxylic acids is 1. The molecule has 0 bridgehead atoms. The molecule has 21 heavy (non-hydrogen) atoms. The molecule has 0 radical (unpaired) electrons. The number of amides is 1. The Balaban J connectivity index is 1.97. The first-order valence-corrected chi connectivity index (χ1v) is 7.71. The summed E-state index contributed by atoms with van der Waals surface area (Å²) >= 11 is 3.38. The zero-order valence-electron chi connectivity index (χ0n) is 12.2. The third-order valence-electron chi connectivity index (χ3n) is 3.31. The number of benzene rings is 1. The van der Waals surface area contributed by atoms with Crippen molar-refractivity contribution in [1.29, 1.82) is 0 Å². The van der Waals surface area contributed by atoms with Crippen molar-refractivity contribution in [2.45, 2.75) is 26.4 Å². The quantitative estimate of drug-likeness (QED) is 0.866. The lowest BCUT2D eigenvalue weighted by molar-refractivity contribution is -0.116. The highest BCUT2D eigenvalue weighted by Gasteiger charge is 2.12. The van der Waals surface area contributed by atoms with Crippen molar-refractivity contribution in [1.82, 2.24) is 4.57 Å². The van der Waals surface area contributed by atoms with Gasteiger partial charge in [0.1, 0.15) is 6.54 Å². The molecule has 1 aromatic carbocycles. The van der Waals surface area contributed by atoms with E-state index in [2.05, 4.69) is 35.1 Å². The van der Waals surface area contributed by atoms with Gasteiger partial charge in [-0.2, -0.15) is 0 Å². The lowest BCUT2D eigenvalue weighted by Gasteiger charge is -2.13. The Bertz CT molecular complexity index is 621. The second kappa shape index (κ2) is 6.91. The molecule has 4 nitrogen and oxygen atoms in total. The Morgan fingerprint density at radius 1 is 1.38 bits per heavy atom. The zero-order chi connectivity index (χ0) is 15.4. The SMILES string of the molecule is CC(C)C(N)c1ccn(CC(=O)Nc2cccc(Br)c2)c1. The number of carbonyl (C=O) groups is 1. The number of hydrogen-bond acceptors (Lipinski definition) is 2. The molecule has 1 aromatic heterocycles. The monoisotopic (exact) mass is 349 g/mol. The Labute approximate surface area is 133 Å². The molecule has 1 atom stereocenters. The first kappa shape index (κ1) is 15.8. The Morgan fingerprint density at radius 2 is 2.14 bits per heavy atom. The molecule has 0 spiro atoms. The Morgan fingerprint density at radius 3 is 2.81 bits per heavy atom. The maximum atomic E-state index is 12.0. The van der Waals surface area contributed by atoms with Crippen LogP contribution < -0.4 is 11.1 Å². The standard InChI is InChI=1S/C16H20BrN3O/c1-11(2)16(18)12-6-7-20(9-12)10-15(21)19-14-5-3-4-13(17)8-14/h3-9,11,16H,10,18H2,1-2H3,(H,19,21). The largest absolute Gasteiger partial charge is 0.345 e. The van der Waals surface area contributed by atoms with E-state index in [1.807, 2.05) is 47.3 Å². The summed E-state index contributed by atoms with van der Waals surface area (Å²) in [6, 6.07) is 9.50. The highest BCUT2D eigenvalue weighted by molar-refractivity contribution is 9.10. The van der Waals surface area contributed by atoms with Crippen molar-refractivity contribution >= 4 is 27.5 Å². The summed E-state index contributed by atoms with van der Waals surface area (Å²) in [6.45, 7) is 4.45. The van der Waals surface area contributed by atoms with Gasteiger partial charge < -0.3 is 15.6 Å². The van der Waals surface area contributed by atoms with Crippen LogP contribution in [0.5, 0.6) is 0 Å². The highest BCUT2D eigenvalue weighted by atomic mass is 79.9. The molecule has 0 saturated carbocycles. The van der Waals surface area contributed by atoms with Crippen molar-refractivity contribution < 1.29 is 4.79 Å². The van der Waals surface area contributed by atoms with E-state index >= 15 is 0 Å². The van der Waals surface area contributed by atoms with Crippen molar-refractivity contribution in [2.24, 2.45) is 11.7 Å². The molecule has 0 aliphatic rings. The number of rotatable bonds is 5. The first-order chi connectivity index (χ1) is 9.95. The normalized spacial score (nSPS) is 12.4. The van der Waals surface area contributed by atoms with Gasteiger partial charge >= 0.3 is 0 Å². The van der Waals surface area contributed by atoms with Gasteiger partial charge in [0.25, 0.3) is 0 Å². The summed E-state index contributed by atoms with van der Waals surface area (Å²) in [5.41, 5.74) is 7.94. The molecule has 0 fully saturated rings. The minimum Gasteiger partial charge on any atom is -0.345 e. The van der Waals surface area contributed by atoms with Gasteiger partial charge in [0.2, 0.25) is 5.91 Å². The highest BCUT2D eigenvalue weighted by Crippen LogP contribution is 2.19. The van der Waals surface area contributed by atoms with Gasteiger partial charge in [-0.05, 0) is 35.7 Å². The Hall–Kier alpha value is -1.59. The molecule has 2 aromatic rings. The molecule has 112 valence electrons. The topological polar surface area (TPSA) is 60.0 Å². The summed E-state index contributed by atoms with van der Waals surface area (Å²) < 4.78 is 2.79. The van der Waals surface area contributed by atoms with Gasteiger partial charge in [0, 0.05) is 28.6 Å². The number of hydrogen-bond donors (Lipinski definition) is 2. The number of nitrogens with one attached hydrogen (secondary N) is 1. The molecular weight excluding hydrogens is 330 g/mol. The van der Waals surface area contributed by atoms with E-state index in [-0.39, 0.29) is 18.5 Å². The lowest BCUT2D eigenvalue weighted by atomic mass is 10.00. The molecular formula is C16H20BrN3O. The Kier molecular flexibility index (Phi) is 5.20. The van der Waals surface area contributed by atoms with E-state index in [4.69, 9.17) is 5.73 Å². The van der Waals surface area contributed by atoms with Crippen LogP contribution in [0.2, 0.25) is 0 Å². The van der Waals surface area contributed by atoms with E-state index in [9.17, 15) is 4.79 Å². The smallest absolute Gasteiger partial charge is 0.244 e. The predicted octanol–water partition coefficient (Wildman–Crippen LogP) is 3.55. The zero-order valence-corrected chi connectivity index (χ0v) is 13.8. The molecule has 5 heteroatoms. The van der Waals surface area contributed by atoms with Gasteiger partial charge in [-0.1, -0.05) is 35.8 Å². The van der Waals surface area contributed by atoms with Gasteiger partial charge in [-0.3, -0.25) is 4.79 Å². The van der Waals surface area contributed by atoms with E-state index in [1.165, 1.54) is 0 Å². The maximum Gasteiger partial charge on any atom is 0.244 e. The third-order valence-corrected chi connectivity index (χ3v) is 3.80. The second-order valence-electron chi connectivity index (χ2n) is 5.45. The first-order valence-electron chi connectivity index (χ1n) is 6.92. The molecule has 1 heterocycles. The van der Waals surface area contributed by atoms with E-state index in [0.717, 1.165) is 15.7 Å². The van der Waals surface area contributed by atoms with Crippen LogP contribution in [-0.2, 0) is 11.3 Å². The number of nitrogens with zero attached hydrogens (tertiary/aromatic N) is 1. The van der Waals surface area contributed by atoms with Crippen LogP contribution in [0.15, 0.2) is 47.2 Å². The van der Waals surface area contributed by atoms with Crippen LogP contribution in [0.3, 0.4) is 0 Å². The summed E-state index contributed by atoms with van der Waals surface area (Å²) in [6.07, 6.45) is 3.82. The van der Waals surface area contributed by atoms with Crippen molar-refractivity contribution in [2.75, 3.05) is 5.32 Å². The minimum absolute atomic E-state index is 0.000565. The van der Waals surface area contributed by atoms with Crippen molar-refractivity contribution in [3.63, 3.8) is 0 Å². The summed E-state index contributed by atoms with van der Waals surface area (Å²) in [5, 5.41) is 2.87. The minimum atomic E-state index is -0.0617. The second-order valence-corrected chi connectivity index (χ2v) is 6.36. The fourth-order valence-electron chi connectivity index (χ4n) is 2.07. The lowest BCUT2D eigenvalue weighted by Crippen LogP contribution is -2.18. The van der Waals surface area contributed by atoms with Crippen molar-refractivity contribution in [3.05, 3.63) is 52.8 Å². The van der Waals surface area contributed by atoms with Crippen LogP contribution in [0.1, 0.15) is 25.5 Å². The molecule has 2 rings (SSSR count). The van der Waals surface area contributed by atoms with E-state index in [1.54, 1.807) is 0 Å². The summed E-state index contributed by atoms with van der Waals surface area (Å²) in [7, 11) is 0. The van der Waals surface area contributed by atoms with E-state index in [0.29, 0.717) is 5.92 Å². The van der Waals surface area contributed by atoms with Crippen LogP contribution >= 0.6 is 15.9 Å². The van der Waals surface area contributed by atoms with Gasteiger partial charge in [0.15, 0.2) is 0 Å². The van der Waals surface area contributed by atoms with Crippen LogP contribution in [0.25, 0.3) is 0 Å². The maximum absolute atomic E-state index is 12.0. The number of anilines is 1. The molecule has 0 aliphatic carbocycles. The molecule has 1 unspecified atom stereocenters. The molecule has 3 N–H and O–H groups in total. The molecule has 0 saturated heterocycles. The van der Waals surface area contributed by atoms with Crippen LogP contribution in [0.4, 0.5) is 5.69 Å². The van der Waals surface area contributed by atoms with E-state index < -0.39 is 0 Å². The van der Waals surface area contributed by atoms with Gasteiger partial charge in [-0.25, -0.2) is 0 Å². The fourth-order valence-corrected chi connectivity index (χ4v) is 2.47. The van der Waals surface area contributed by atoms with Crippen LogP contribution in [-0.4, -0.2) is 10.5 Å². The summed E-state index contributed by atoms with van der Waals surface area (Å²) in [5.74, 6) is 0.310. The predicted molar refractivity (Wildman–Crippen MR) is 89.0 cm³/mol. The van der Waals surface area contributed by atoms with Crippen LogP contribution in [0, 0.1) is 5.92 Å². The van der Waals surface area contributed by atoms with Gasteiger partial charge in [-0.15, -0.1) is 0 Å². The third kappa shape index (κ3) is 4.44. The molecule has 0 aliphatic heterocycles. The number of halogens is 1. The summed E-state index contributed by atoms with van der Waals surface area (Å²) in [4.78, 5) is 12.0. The average Bonchev–Trinajstić information content (AvgIpc) is 2.85. The number of aromatic nitrogens is 1. The average molecular weight is 350 g/mol. The van der Waals surface area contributed by atoms with Gasteiger partial charge in [0.05, 0.1) is 0 Å². The van der Waals surface area contributed by atoms with Crippen molar-refractivity contribution in [3.8, 4) is 0 Å².